The Bertz CT molecular complexity index is 1300. The molecule has 3 unspecified atom stereocenters. The Morgan fingerprint density at radius 1 is 1.13 bits per heavy atom. The Balaban J connectivity index is 1.35. The lowest BCUT2D eigenvalue weighted by Gasteiger charge is -2.42. The zero-order valence-corrected chi connectivity index (χ0v) is 22.1. The highest BCUT2D eigenvalue weighted by Gasteiger charge is 2.43. The molecule has 0 bridgehead atoms. The fourth-order valence-electron chi connectivity index (χ4n) is 5.95. The number of hydrogen-bond acceptors (Lipinski definition) is 6. The van der Waals surface area contributed by atoms with Crippen LogP contribution in [0.3, 0.4) is 0 Å². The first-order chi connectivity index (χ1) is 17.7. The summed E-state index contributed by atoms with van der Waals surface area (Å²) in [7, 11) is 0. The quantitative estimate of drug-likeness (QED) is 0.411. The van der Waals surface area contributed by atoms with Crippen molar-refractivity contribution in [1.29, 1.82) is 0 Å². The summed E-state index contributed by atoms with van der Waals surface area (Å²) in [6, 6.07) is 5.81. The summed E-state index contributed by atoms with van der Waals surface area (Å²) in [6.07, 6.45) is 0.0941. The summed E-state index contributed by atoms with van der Waals surface area (Å²) in [6.45, 7) is 7.84. The molecule has 206 valence electrons. The van der Waals surface area contributed by atoms with Crippen LogP contribution in [0.15, 0.2) is 36.8 Å². The summed E-state index contributed by atoms with van der Waals surface area (Å²) < 4.78 is 49.7. The van der Waals surface area contributed by atoms with Crippen LogP contribution < -0.4 is 10.1 Å². The van der Waals surface area contributed by atoms with Gasteiger partial charge in [0.2, 0.25) is 0 Å². The Morgan fingerprint density at radius 2 is 1.87 bits per heavy atom. The van der Waals surface area contributed by atoms with Crippen molar-refractivity contribution in [2.24, 2.45) is 0 Å². The predicted octanol–water partition coefficient (Wildman–Crippen LogP) is 5.07. The van der Waals surface area contributed by atoms with Crippen LogP contribution in [0.4, 0.5) is 13.2 Å². The van der Waals surface area contributed by atoms with Crippen LogP contribution in [0.5, 0.6) is 5.75 Å². The van der Waals surface area contributed by atoms with Crippen LogP contribution in [0.2, 0.25) is 0 Å². The first-order valence-electron chi connectivity index (χ1n) is 13.1. The van der Waals surface area contributed by atoms with Gasteiger partial charge in [-0.1, -0.05) is 19.9 Å². The van der Waals surface area contributed by atoms with Crippen molar-refractivity contribution in [2.75, 3.05) is 6.61 Å². The second-order valence-electron chi connectivity index (χ2n) is 11.7. The molecule has 2 aromatic heterocycles. The molecule has 38 heavy (non-hydrogen) atoms. The van der Waals surface area contributed by atoms with Crippen molar-refractivity contribution in [1.82, 2.24) is 19.9 Å². The molecule has 1 saturated carbocycles. The van der Waals surface area contributed by atoms with Gasteiger partial charge in [0.25, 0.3) is 0 Å². The highest BCUT2D eigenvalue weighted by Crippen LogP contribution is 2.45. The number of nitrogens with zero attached hydrogens (tertiary/aromatic N) is 3. The zero-order chi connectivity index (χ0) is 27.5. The smallest absolute Gasteiger partial charge is 0.418 e. The summed E-state index contributed by atoms with van der Waals surface area (Å²) in [5, 5.41) is 25.0. The number of aromatic nitrogens is 3. The molecule has 0 amide bonds. The molecule has 1 saturated heterocycles. The van der Waals surface area contributed by atoms with Gasteiger partial charge in [-0.3, -0.25) is 4.98 Å². The molecule has 3 heterocycles. The first kappa shape index (κ1) is 26.9. The molecule has 1 aromatic carbocycles. The third kappa shape index (κ3) is 5.26. The van der Waals surface area contributed by atoms with Crippen molar-refractivity contribution in [3.8, 4) is 5.75 Å². The number of halogens is 3. The molecule has 0 radical (unpaired) electrons. The van der Waals surface area contributed by atoms with Gasteiger partial charge in [-0.25, -0.2) is 4.98 Å². The summed E-state index contributed by atoms with van der Waals surface area (Å²) in [4.78, 5) is 8.73. The van der Waals surface area contributed by atoms with Crippen LogP contribution in [-0.4, -0.2) is 49.0 Å². The summed E-state index contributed by atoms with van der Waals surface area (Å²) in [5.41, 5.74) is -0.944. The van der Waals surface area contributed by atoms with Crippen LogP contribution in [0.1, 0.15) is 82.2 Å². The van der Waals surface area contributed by atoms with Gasteiger partial charge in [-0.05, 0) is 57.6 Å². The molecular weight excluding hydrogens is 497 g/mol. The number of aliphatic hydroxyl groups is 2. The predicted molar refractivity (Wildman–Crippen MR) is 137 cm³/mol. The fourth-order valence-corrected chi connectivity index (χ4v) is 5.95. The van der Waals surface area contributed by atoms with E-state index in [1.165, 1.54) is 17.0 Å². The van der Waals surface area contributed by atoms with Gasteiger partial charge in [0.05, 0.1) is 34.1 Å². The van der Waals surface area contributed by atoms with Gasteiger partial charge in [0.1, 0.15) is 12.4 Å². The molecule has 3 N–H and O–H groups in total. The van der Waals surface area contributed by atoms with Crippen LogP contribution >= 0.6 is 0 Å². The highest BCUT2D eigenvalue weighted by atomic mass is 19.4. The minimum atomic E-state index is -4.60. The maximum atomic E-state index is 14.1. The number of nitrogens with one attached hydrogen (secondary N) is 1. The van der Waals surface area contributed by atoms with Crippen molar-refractivity contribution in [3.63, 3.8) is 0 Å². The van der Waals surface area contributed by atoms with Crippen molar-refractivity contribution in [2.45, 2.75) is 94.8 Å². The number of alkyl halides is 3. The van der Waals surface area contributed by atoms with E-state index >= 15 is 0 Å². The molecule has 3 aromatic rings. The van der Waals surface area contributed by atoms with Crippen LogP contribution in [0.25, 0.3) is 11.0 Å². The molecule has 5 rings (SSSR count). The molecule has 1 aliphatic heterocycles. The lowest BCUT2D eigenvalue weighted by molar-refractivity contribution is -0.136. The van der Waals surface area contributed by atoms with Gasteiger partial charge >= 0.3 is 6.18 Å². The number of imidazole rings is 1. The second-order valence-corrected chi connectivity index (χ2v) is 11.7. The molecule has 10 heteroatoms. The molecule has 7 nitrogen and oxygen atoms in total. The highest BCUT2D eigenvalue weighted by molar-refractivity contribution is 5.82. The molecular formula is C28H35F3N4O3. The van der Waals surface area contributed by atoms with Gasteiger partial charge in [0.15, 0.2) is 0 Å². The van der Waals surface area contributed by atoms with E-state index in [2.05, 4.69) is 29.1 Å². The third-order valence-electron chi connectivity index (χ3n) is 7.81. The lowest BCUT2D eigenvalue weighted by Crippen LogP contribution is -2.53. The van der Waals surface area contributed by atoms with Gasteiger partial charge < -0.3 is 24.8 Å². The molecule has 2 fully saturated rings. The number of pyridine rings is 1. The SMILES string of the molecule is CC1CC(O)(c2ccc(C(C)C)nc2)CC(COc2cc(C(F)(F)F)c3c(c2)ncn3C2CC(C)(O)C2)N1. The molecule has 3 atom stereocenters. The average Bonchev–Trinajstić information content (AvgIpc) is 3.23. The number of ether oxygens (including phenoxy) is 1. The summed E-state index contributed by atoms with van der Waals surface area (Å²) in [5.74, 6) is 0.350. The molecule has 0 spiro atoms. The van der Waals surface area contributed by atoms with Crippen LogP contribution in [0, 0.1) is 0 Å². The van der Waals surface area contributed by atoms with Crippen molar-refractivity contribution < 1.29 is 28.1 Å². The maximum absolute atomic E-state index is 14.1. The monoisotopic (exact) mass is 532 g/mol. The van der Waals surface area contributed by atoms with Crippen molar-refractivity contribution in [3.05, 3.63) is 53.6 Å². The number of fused-ring (bicyclic) bond motifs is 1. The molecule has 2 aliphatic rings. The van der Waals surface area contributed by atoms with E-state index in [4.69, 9.17) is 4.74 Å². The Labute approximate surface area is 220 Å². The topological polar surface area (TPSA) is 92.4 Å². The molecule has 1 aliphatic carbocycles. The zero-order valence-electron chi connectivity index (χ0n) is 22.1. The van der Waals surface area contributed by atoms with Gasteiger partial charge in [-0.15, -0.1) is 0 Å². The number of hydrogen-bond donors (Lipinski definition) is 3. The Kier molecular flexibility index (Phi) is 6.72. The fraction of sp³-hybridized carbons (Fsp3) is 0.571. The van der Waals surface area contributed by atoms with E-state index in [9.17, 15) is 23.4 Å². The van der Waals surface area contributed by atoms with E-state index < -0.39 is 22.9 Å². The van der Waals surface area contributed by atoms with E-state index in [1.54, 1.807) is 13.1 Å². The lowest BCUT2D eigenvalue weighted by atomic mass is 9.77. The van der Waals surface area contributed by atoms with E-state index in [-0.39, 0.29) is 47.4 Å². The van der Waals surface area contributed by atoms with E-state index in [0.29, 0.717) is 25.7 Å². The third-order valence-corrected chi connectivity index (χ3v) is 7.81. The number of benzene rings is 1. The number of piperidine rings is 1. The first-order valence-corrected chi connectivity index (χ1v) is 13.1. The van der Waals surface area contributed by atoms with Gasteiger partial charge in [0, 0.05) is 41.6 Å². The minimum Gasteiger partial charge on any atom is -0.492 e. The second kappa shape index (κ2) is 9.50. The summed E-state index contributed by atoms with van der Waals surface area (Å²) >= 11 is 0. The Hall–Kier alpha value is -2.69. The van der Waals surface area contributed by atoms with Crippen molar-refractivity contribution >= 4 is 11.0 Å². The Morgan fingerprint density at radius 3 is 2.47 bits per heavy atom. The van der Waals surface area contributed by atoms with Gasteiger partial charge in [-0.2, -0.15) is 13.2 Å². The van der Waals surface area contributed by atoms with E-state index in [0.717, 1.165) is 17.3 Å². The number of rotatable bonds is 6. The van der Waals surface area contributed by atoms with Crippen LogP contribution in [-0.2, 0) is 11.8 Å². The average molecular weight is 533 g/mol. The standard InChI is InChI=1S/C28H35F3N4O3/c1-16(2)23-6-5-18(13-32-23)27(37)9-17(3)34-19(10-27)14-38-21-7-22(28(29,30)31)25-24(8-21)33-15-35(25)20-11-26(4,36)12-20/h5-8,13,15-17,19-20,34,36-37H,9-12,14H2,1-4H3. The normalized spacial score (nSPS) is 30.0. The minimum absolute atomic E-state index is 0.00137. The largest absolute Gasteiger partial charge is 0.492 e. The maximum Gasteiger partial charge on any atom is 0.418 e. The van der Waals surface area contributed by atoms with E-state index in [1.807, 2.05) is 19.1 Å².